The molecule has 0 radical (unpaired) electrons. The highest BCUT2D eigenvalue weighted by Crippen LogP contribution is 2.31. The number of nitrogens with one attached hydrogen (secondary N) is 1. The van der Waals surface area contributed by atoms with Crippen LogP contribution in [0.5, 0.6) is 5.75 Å². The Balaban J connectivity index is 2.39. The van der Waals surface area contributed by atoms with Gasteiger partial charge in [0.05, 0.1) is 13.2 Å². The third-order valence-electron chi connectivity index (χ3n) is 3.01. The molecule has 0 heterocycles. The Morgan fingerprint density at radius 3 is 2.37 bits per heavy atom. The molecule has 0 aliphatic heterocycles. The smallest absolute Gasteiger partial charge is 0.123 e. The normalized spacial score (nSPS) is 12.2. The SMILES string of the molecule is CNC(c1ccc(F)cc1)c1ccc(OC)cc1Br. The lowest BCUT2D eigenvalue weighted by molar-refractivity contribution is 0.414. The molecule has 0 bridgehead atoms. The molecule has 0 fully saturated rings. The first-order valence-corrected chi connectivity index (χ1v) is 6.71. The Bertz CT molecular complexity index is 557. The van der Waals surface area contributed by atoms with Gasteiger partial charge in [0.1, 0.15) is 11.6 Å². The lowest BCUT2D eigenvalue weighted by Crippen LogP contribution is -2.18. The molecule has 0 amide bonds. The second-order valence-corrected chi connectivity index (χ2v) is 5.02. The van der Waals surface area contributed by atoms with E-state index in [-0.39, 0.29) is 11.9 Å². The van der Waals surface area contributed by atoms with Crippen molar-refractivity contribution in [1.29, 1.82) is 0 Å². The van der Waals surface area contributed by atoms with E-state index in [2.05, 4.69) is 21.2 Å². The highest BCUT2D eigenvalue weighted by Gasteiger charge is 2.15. The van der Waals surface area contributed by atoms with Gasteiger partial charge in [-0.15, -0.1) is 0 Å². The van der Waals surface area contributed by atoms with E-state index in [1.165, 1.54) is 12.1 Å². The molecule has 1 atom stereocenters. The predicted molar refractivity (Wildman–Crippen MR) is 78.0 cm³/mol. The van der Waals surface area contributed by atoms with Gasteiger partial charge in [0.25, 0.3) is 0 Å². The van der Waals surface area contributed by atoms with Crippen molar-refractivity contribution in [3.8, 4) is 5.75 Å². The molecule has 4 heteroatoms. The molecular weight excluding hydrogens is 309 g/mol. The van der Waals surface area contributed by atoms with Crippen LogP contribution in [-0.4, -0.2) is 14.2 Å². The van der Waals surface area contributed by atoms with Crippen molar-refractivity contribution in [3.63, 3.8) is 0 Å². The van der Waals surface area contributed by atoms with Crippen molar-refractivity contribution in [2.24, 2.45) is 0 Å². The minimum atomic E-state index is -0.229. The van der Waals surface area contributed by atoms with E-state index in [9.17, 15) is 4.39 Å². The van der Waals surface area contributed by atoms with Gasteiger partial charge in [-0.05, 0) is 42.4 Å². The molecule has 100 valence electrons. The monoisotopic (exact) mass is 323 g/mol. The fraction of sp³-hybridized carbons (Fsp3) is 0.200. The van der Waals surface area contributed by atoms with Crippen LogP contribution in [0.1, 0.15) is 17.2 Å². The van der Waals surface area contributed by atoms with Gasteiger partial charge in [-0.3, -0.25) is 0 Å². The summed E-state index contributed by atoms with van der Waals surface area (Å²) >= 11 is 3.55. The van der Waals surface area contributed by atoms with E-state index in [0.29, 0.717) is 0 Å². The summed E-state index contributed by atoms with van der Waals surface area (Å²) in [6.07, 6.45) is 0. The molecular formula is C15H15BrFNO. The van der Waals surface area contributed by atoms with Gasteiger partial charge in [-0.2, -0.15) is 0 Å². The number of benzene rings is 2. The first kappa shape index (κ1) is 14.0. The zero-order valence-electron chi connectivity index (χ0n) is 10.8. The van der Waals surface area contributed by atoms with Gasteiger partial charge in [0, 0.05) is 4.47 Å². The largest absolute Gasteiger partial charge is 0.497 e. The average Bonchev–Trinajstić information content (AvgIpc) is 2.43. The minimum absolute atomic E-state index is 0.000816. The number of methoxy groups -OCH3 is 1. The molecule has 0 aliphatic rings. The van der Waals surface area contributed by atoms with Crippen molar-refractivity contribution in [3.05, 3.63) is 63.9 Å². The van der Waals surface area contributed by atoms with E-state index in [1.807, 2.05) is 25.2 Å². The maximum absolute atomic E-state index is 13.0. The summed E-state index contributed by atoms with van der Waals surface area (Å²) in [6.45, 7) is 0. The van der Waals surface area contributed by atoms with E-state index < -0.39 is 0 Å². The Hall–Kier alpha value is -1.39. The maximum atomic E-state index is 13.0. The zero-order chi connectivity index (χ0) is 13.8. The van der Waals surface area contributed by atoms with Gasteiger partial charge < -0.3 is 10.1 Å². The molecule has 1 N–H and O–H groups in total. The van der Waals surface area contributed by atoms with Crippen LogP contribution in [0.2, 0.25) is 0 Å². The molecule has 2 rings (SSSR count). The molecule has 1 unspecified atom stereocenters. The summed E-state index contributed by atoms with van der Waals surface area (Å²) in [5.41, 5.74) is 2.09. The predicted octanol–water partition coefficient (Wildman–Crippen LogP) is 3.91. The summed E-state index contributed by atoms with van der Waals surface area (Å²) in [4.78, 5) is 0. The molecule has 0 saturated carbocycles. The molecule has 0 spiro atoms. The fourth-order valence-electron chi connectivity index (χ4n) is 2.03. The Morgan fingerprint density at radius 1 is 1.16 bits per heavy atom. The van der Waals surface area contributed by atoms with Crippen LogP contribution >= 0.6 is 15.9 Å². The third-order valence-corrected chi connectivity index (χ3v) is 3.70. The molecule has 0 saturated heterocycles. The first-order chi connectivity index (χ1) is 9.15. The van der Waals surface area contributed by atoms with Gasteiger partial charge in [0.2, 0.25) is 0 Å². The van der Waals surface area contributed by atoms with Crippen molar-refractivity contribution in [2.45, 2.75) is 6.04 Å². The fourth-order valence-corrected chi connectivity index (χ4v) is 2.61. The Morgan fingerprint density at radius 2 is 1.84 bits per heavy atom. The van der Waals surface area contributed by atoms with Gasteiger partial charge >= 0.3 is 0 Å². The zero-order valence-corrected chi connectivity index (χ0v) is 12.4. The van der Waals surface area contributed by atoms with Crippen LogP contribution in [0.3, 0.4) is 0 Å². The van der Waals surface area contributed by atoms with Crippen LogP contribution in [0.4, 0.5) is 4.39 Å². The molecule has 2 aromatic rings. The number of halogens is 2. The second-order valence-electron chi connectivity index (χ2n) is 4.16. The highest BCUT2D eigenvalue weighted by atomic mass is 79.9. The topological polar surface area (TPSA) is 21.3 Å². The summed E-state index contributed by atoms with van der Waals surface area (Å²) in [6, 6.07) is 12.3. The lowest BCUT2D eigenvalue weighted by atomic mass is 9.99. The van der Waals surface area contributed by atoms with Crippen LogP contribution in [0, 0.1) is 5.82 Å². The van der Waals surface area contributed by atoms with Crippen LogP contribution in [-0.2, 0) is 0 Å². The second kappa shape index (κ2) is 6.17. The highest BCUT2D eigenvalue weighted by molar-refractivity contribution is 9.10. The molecule has 2 aromatic carbocycles. The summed E-state index contributed by atoms with van der Waals surface area (Å²) < 4.78 is 19.1. The first-order valence-electron chi connectivity index (χ1n) is 5.92. The summed E-state index contributed by atoms with van der Waals surface area (Å²) in [7, 11) is 3.52. The molecule has 0 aliphatic carbocycles. The lowest BCUT2D eigenvalue weighted by Gasteiger charge is -2.19. The van der Waals surface area contributed by atoms with Gasteiger partial charge in [0.15, 0.2) is 0 Å². The van der Waals surface area contributed by atoms with Gasteiger partial charge in [-0.1, -0.05) is 34.1 Å². The molecule has 2 nitrogen and oxygen atoms in total. The third kappa shape index (κ3) is 3.14. The standard InChI is InChI=1S/C15H15BrFNO/c1-18-15(10-3-5-11(17)6-4-10)13-8-7-12(19-2)9-14(13)16/h3-9,15,18H,1-2H3. The van der Waals surface area contributed by atoms with E-state index in [1.54, 1.807) is 19.2 Å². The quantitative estimate of drug-likeness (QED) is 0.921. The summed E-state index contributed by atoms with van der Waals surface area (Å²) in [5, 5.41) is 3.24. The van der Waals surface area contributed by atoms with E-state index >= 15 is 0 Å². The van der Waals surface area contributed by atoms with Gasteiger partial charge in [-0.25, -0.2) is 4.39 Å². The Labute approximate surface area is 120 Å². The van der Waals surface area contributed by atoms with Crippen molar-refractivity contribution in [1.82, 2.24) is 5.32 Å². The van der Waals surface area contributed by atoms with Crippen LogP contribution < -0.4 is 10.1 Å². The number of ether oxygens (including phenoxy) is 1. The maximum Gasteiger partial charge on any atom is 0.123 e. The van der Waals surface area contributed by atoms with Crippen LogP contribution in [0.15, 0.2) is 46.9 Å². The molecule has 0 aromatic heterocycles. The average molecular weight is 324 g/mol. The minimum Gasteiger partial charge on any atom is -0.497 e. The van der Waals surface area contributed by atoms with Crippen LogP contribution in [0.25, 0.3) is 0 Å². The van der Waals surface area contributed by atoms with E-state index in [0.717, 1.165) is 21.3 Å². The number of hydrogen-bond acceptors (Lipinski definition) is 2. The van der Waals surface area contributed by atoms with Crippen molar-refractivity contribution < 1.29 is 9.13 Å². The van der Waals surface area contributed by atoms with Crippen molar-refractivity contribution in [2.75, 3.05) is 14.2 Å². The molecule has 19 heavy (non-hydrogen) atoms. The number of hydrogen-bond donors (Lipinski definition) is 1. The van der Waals surface area contributed by atoms with Crippen molar-refractivity contribution >= 4 is 15.9 Å². The Kier molecular flexibility index (Phi) is 4.56. The van der Waals surface area contributed by atoms with E-state index in [4.69, 9.17) is 4.74 Å². The number of rotatable bonds is 4. The summed E-state index contributed by atoms with van der Waals surface area (Å²) in [5.74, 6) is 0.567.